The molecule has 4 rings (SSSR count). The summed E-state index contributed by atoms with van der Waals surface area (Å²) < 4.78 is 20.6. The van der Waals surface area contributed by atoms with Crippen molar-refractivity contribution in [3.63, 3.8) is 0 Å². The van der Waals surface area contributed by atoms with Crippen LogP contribution >= 0.6 is 11.6 Å². The van der Waals surface area contributed by atoms with Crippen LogP contribution in [0.25, 0.3) is 11.5 Å². The standard InChI is InChI=1S/C24H23ClFN5O3/c1-3-4-5-19-28-22(32)21(24(33)31(19)14(2)15-6-9-17(26)10-7-15)23-30-29-20(34-23)12-18-11-8-16(25)13-27-18/h6-11,13-14,32H,3-5,12H2,1-2H3/t14-/m0/s1. The summed E-state index contributed by atoms with van der Waals surface area (Å²) in [5.74, 6) is -0.334. The molecule has 0 bridgehead atoms. The number of unbranched alkanes of at least 4 members (excludes halogenated alkanes) is 1. The average molecular weight is 484 g/mol. The monoisotopic (exact) mass is 483 g/mol. The first kappa shape index (κ1) is 23.6. The molecule has 0 saturated heterocycles. The van der Waals surface area contributed by atoms with Gasteiger partial charge in [0.1, 0.15) is 11.6 Å². The van der Waals surface area contributed by atoms with Gasteiger partial charge in [0.2, 0.25) is 11.8 Å². The number of halogens is 2. The van der Waals surface area contributed by atoms with E-state index in [-0.39, 0.29) is 29.6 Å². The number of rotatable bonds is 8. The van der Waals surface area contributed by atoms with E-state index in [0.717, 1.165) is 18.4 Å². The minimum Gasteiger partial charge on any atom is -0.493 e. The molecule has 1 aromatic carbocycles. The number of benzene rings is 1. The van der Waals surface area contributed by atoms with Crippen LogP contribution in [-0.2, 0) is 12.8 Å². The van der Waals surface area contributed by atoms with Crippen molar-refractivity contribution in [2.24, 2.45) is 0 Å². The number of aromatic hydroxyl groups is 1. The normalized spacial score (nSPS) is 12.1. The smallest absolute Gasteiger partial charge is 0.270 e. The predicted molar refractivity (Wildman–Crippen MR) is 124 cm³/mol. The molecule has 0 aliphatic heterocycles. The van der Waals surface area contributed by atoms with Crippen molar-refractivity contribution >= 4 is 11.6 Å². The van der Waals surface area contributed by atoms with Crippen LogP contribution < -0.4 is 5.56 Å². The number of aryl methyl sites for hydroxylation is 1. The topological polar surface area (TPSA) is 107 Å². The lowest BCUT2D eigenvalue weighted by atomic mass is 10.1. The van der Waals surface area contributed by atoms with Crippen LogP contribution in [0.1, 0.15) is 55.7 Å². The molecular formula is C24H23ClFN5O3. The molecule has 10 heteroatoms. The van der Waals surface area contributed by atoms with Crippen molar-refractivity contribution in [3.05, 3.63) is 86.8 Å². The van der Waals surface area contributed by atoms with Crippen molar-refractivity contribution in [3.8, 4) is 17.3 Å². The molecule has 3 heterocycles. The van der Waals surface area contributed by atoms with Gasteiger partial charge in [0, 0.05) is 18.3 Å². The van der Waals surface area contributed by atoms with Gasteiger partial charge in [-0.3, -0.25) is 14.3 Å². The summed E-state index contributed by atoms with van der Waals surface area (Å²) in [6.07, 6.45) is 3.89. The highest BCUT2D eigenvalue weighted by atomic mass is 35.5. The highest BCUT2D eigenvalue weighted by Gasteiger charge is 2.25. The predicted octanol–water partition coefficient (Wildman–Crippen LogP) is 4.73. The molecule has 1 N–H and O–H groups in total. The van der Waals surface area contributed by atoms with Crippen molar-refractivity contribution < 1.29 is 13.9 Å². The first-order valence-electron chi connectivity index (χ1n) is 10.9. The molecule has 3 aromatic heterocycles. The molecule has 0 radical (unpaired) electrons. The highest BCUT2D eigenvalue weighted by Crippen LogP contribution is 2.27. The number of nitrogens with zero attached hydrogens (tertiary/aromatic N) is 5. The molecule has 0 spiro atoms. The van der Waals surface area contributed by atoms with E-state index >= 15 is 0 Å². The minimum absolute atomic E-state index is 0.138. The second-order valence-electron chi connectivity index (χ2n) is 7.88. The maximum absolute atomic E-state index is 13.6. The summed E-state index contributed by atoms with van der Waals surface area (Å²) in [7, 11) is 0. The van der Waals surface area contributed by atoms with Crippen LogP contribution in [0.15, 0.2) is 51.8 Å². The maximum Gasteiger partial charge on any atom is 0.270 e. The second-order valence-corrected chi connectivity index (χ2v) is 8.31. The third kappa shape index (κ3) is 4.99. The molecule has 0 amide bonds. The van der Waals surface area contributed by atoms with Crippen molar-refractivity contribution in [1.29, 1.82) is 0 Å². The first-order chi connectivity index (χ1) is 16.4. The van der Waals surface area contributed by atoms with Crippen molar-refractivity contribution in [2.45, 2.75) is 45.6 Å². The van der Waals surface area contributed by atoms with E-state index in [2.05, 4.69) is 20.2 Å². The van der Waals surface area contributed by atoms with E-state index in [1.54, 1.807) is 24.3 Å². The van der Waals surface area contributed by atoms with Gasteiger partial charge in [-0.2, -0.15) is 4.98 Å². The van der Waals surface area contributed by atoms with E-state index in [1.807, 2.05) is 13.8 Å². The Bertz CT molecular complexity index is 1340. The van der Waals surface area contributed by atoms with Gasteiger partial charge in [-0.25, -0.2) is 4.39 Å². The Labute approximate surface area is 200 Å². The third-order valence-electron chi connectivity index (χ3n) is 5.46. The van der Waals surface area contributed by atoms with Crippen LogP contribution in [0.3, 0.4) is 0 Å². The summed E-state index contributed by atoms with van der Waals surface area (Å²) in [5.41, 5.74) is 0.672. The molecule has 176 valence electrons. The maximum atomic E-state index is 13.6. The fraction of sp³-hybridized carbons (Fsp3) is 0.292. The molecule has 1 atom stereocenters. The number of aromatic nitrogens is 5. The van der Waals surface area contributed by atoms with Crippen LogP contribution in [-0.4, -0.2) is 29.8 Å². The van der Waals surface area contributed by atoms with Gasteiger partial charge in [0.15, 0.2) is 5.56 Å². The zero-order valence-electron chi connectivity index (χ0n) is 18.7. The number of hydrogen-bond acceptors (Lipinski definition) is 7. The lowest BCUT2D eigenvalue weighted by Crippen LogP contribution is -2.30. The van der Waals surface area contributed by atoms with E-state index in [9.17, 15) is 14.3 Å². The van der Waals surface area contributed by atoms with Crippen molar-refractivity contribution in [1.82, 2.24) is 24.7 Å². The molecule has 4 aromatic rings. The molecule has 0 aliphatic rings. The van der Waals surface area contributed by atoms with Crippen LogP contribution in [0.2, 0.25) is 5.02 Å². The van der Waals surface area contributed by atoms with Gasteiger partial charge in [-0.15, -0.1) is 10.2 Å². The molecule has 0 aliphatic carbocycles. The summed E-state index contributed by atoms with van der Waals surface area (Å²) in [6.45, 7) is 3.84. The zero-order valence-corrected chi connectivity index (χ0v) is 19.5. The Morgan fingerprint density at radius 3 is 2.62 bits per heavy atom. The first-order valence-corrected chi connectivity index (χ1v) is 11.3. The Balaban J connectivity index is 1.75. The average Bonchev–Trinajstić information content (AvgIpc) is 3.27. The highest BCUT2D eigenvalue weighted by molar-refractivity contribution is 6.30. The lowest BCUT2D eigenvalue weighted by Gasteiger charge is -2.20. The van der Waals surface area contributed by atoms with E-state index in [4.69, 9.17) is 16.0 Å². The Kier molecular flexibility index (Phi) is 7.02. The van der Waals surface area contributed by atoms with Crippen LogP contribution in [0, 0.1) is 5.82 Å². The summed E-state index contributed by atoms with van der Waals surface area (Å²) in [6, 6.07) is 8.87. The molecule has 8 nitrogen and oxygen atoms in total. The van der Waals surface area contributed by atoms with Crippen molar-refractivity contribution in [2.75, 3.05) is 0 Å². The van der Waals surface area contributed by atoms with E-state index in [1.165, 1.54) is 22.9 Å². The van der Waals surface area contributed by atoms with Crippen LogP contribution in [0.5, 0.6) is 5.88 Å². The largest absolute Gasteiger partial charge is 0.493 e. The SMILES string of the molecule is CCCCc1nc(O)c(-c2nnc(Cc3ccc(Cl)cn3)o2)c(=O)n1[C@@H](C)c1ccc(F)cc1. The van der Waals surface area contributed by atoms with E-state index < -0.39 is 17.5 Å². The quantitative estimate of drug-likeness (QED) is 0.386. The second kappa shape index (κ2) is 10.1. The van der Waals surface area contributed by atoms with Crippen LogP contribution in [0.4, 0.5) is 4.39 Å². The Morgan fingerprint density at radius 2 is 1.94 bits per heavy atom. The molecule has 0 unspecified atom stereocenters. The molecule has 34 heavy (non-hydrogen) atoms. The van der Waals surface area contributed by atoms with Gasteiger partial charge in [0.05, 0.1) is 17.5 Å². The minimum atomic E-state index is -0.518. The lowest BCUT2D eigenvalue weighted by molar-refractivity contribution is 0.431. The number of pyridine rings is 1. The Hall–Kier alpha value is -3.59. The third-order valence-corrected chi connectivity index (χ3v) is 5.69. The van der Waals surface area contributed by atoms with Gasteiger partial charge >= 0.3 is 0 Å². The van der Waals surface area contributed by atoms with Gasteiger partial charge in [0.25, 0.3) is 11.4 Å². The molecular weight excluding hydrogens is 461 g/mol. The molecule has 0 saturated carbocycles. The Morgan fingerprint density at radius 1 is 1.18 bits per heavy atom. The summed E-state index contributed by atoms with van der Waals surface area (Å²) in [4.78, 5) is 22.1. The molecule has 0 fully saturated rings. The van der Waals surface area contributed by atoms with Gasteiger partial charge < -0.3 is 9.52 Å². The van der Waals surface area contributed by atoms with Gasteiger partial charge in [-0.05, 0) is 43.2 Å². The zero-order chi connectivity index (χ0) is 24.2. The summed E-state index contributed by atoms with van der Waals surface area (Å²) >= 11 is 5.87. The fourth-order valence-electron chi connectivity index (χ4n) is 3.65. The van der Waals surface area contributed by atoms with Gasteiger partial charge in [-0.1, -0.05) is 37.1 Å². The number of hydrogen-bond donors (Lipinski definition) is 1. The van der Waals surface area contributed by atoms with E-state index in [0.29, 0.717) is 23.0 Å². The fourth-order valence-corrected chi connectivity index (χ4v) is 3.76. The summed E-state index contributed by atoms with van der Waals surface area (Å²) in [5, 5.41) is 19.1.